The van der Waals surface area contributed by atoms with E-state index in [0.29, 0.717) is 18.8 Å². The lowest BCUT2D eigenvalue weighted by Crippen LogP contribution is -2.36. The van der Waals surface area contributed by atoms with Gasteiger partial charge in [-0.1, -0.05) is 24.1 Å². The molecule has 0 aliphatic carbocycles. The molecule has 2 amide bonds. The van der Waals surface area contributed by atoms with Crippen LogP contribution in [0.1, 0.15) is 102 Å². The quantitative estimate of drug-likeness (QED) is 0.213. The van der Waals surface area contributed by atoms with E-state index >= 15 is 0 Å². The highest BCUT2D eigenvalue weighted by atomic mass is 32.1. The second-order valence-electron chi connectivity index (χ2n) is 14.0. The van der Waals surface area contributed by atoms with Crippen molar-refractivity contribution in [2.75, 3.05) is 13.1 Å². The van der Waals surface area contributed by atoms with E-state index in [2.05, 4.69) is 51.1 Å². The minimum atomic E-state index is -0.545. The highest BCUT2D eigenvalue weighted by molar-refractivity contribution is 7.59. The summed E-state index contributed by atoms with van der Waals surface area (Å²) in [6.45, 7) is 12.6. The van der Waals surface area contributed by atoms with Crippen LogP contribution in [0.15, 0.2) is 48.7 Å². The molecule has 4 aromatic rings. The molecule has 256 valence electrons. The summed E-state index contributed by atoms with van der Waals surface area (Å²) in [5.74, 6) is 7.90. The van der Waals surface area contributed by atoms with Crippen molar-refractivity contribution in [3.63, 3.8) is 0 Å². The number of hydrogen-bond acceptors (Lipinski definition) is 6. The molecule has 0 spiro atoms. The highest BCUT2D eigenvalue weighted by Gasteiger charge is 2.36. The van der Waals surface area contributed by atoms with Crippen LogP contribution in [-0.2, 0) is 9.47 Å². The second kappa shape index (κ2) is 14.6. The van der Waals surface area contributed by atoms with E-state index in [-0.39, 0.29) is 51.3 Å². The zero-order valence-corrected chi connectivity index (χ0v) is 30.4. The van der Waals surface area contributed by atoms with Crippen LogP contribution in [0.3, 0.4) is 0 Å². The minimum absolute atomic E-state index is 0. The monoisotopic (exact) mass is 690 g/mol. The van der Waals surface area contributed by atoms with Gasteiger partial charge in [0.2, 0.25) is 0 Å². The Hall–Kier alpha value is -4.08. The number of aromatic nitrogens is 4. The van der Waals surface area contributed by atoms with Crippen LogP contribution < -0.4 is 0 Å². The summed E-state index contributed by atoms with van der Waals surface area (Å²) in [4.78, 5) is 45.1. The third-order valence-corrected chi connectivity index (χ3v) is 8.05. The van der Waals surface area contributed by atoms with Crippen LogP contribution in [0.5, 0.6) is 0 Å². The number of H-pyrrole nitrogens is 2. The van der Waals surface area contributed by atoms with Crippen molar-refractivity contribution < 1.29 is 19.1 Å². The molecule has 12 heteroatoms. The summed E-state index contributed by atoms with van der Waals surface area (Å²) in [6, 6.07) is 14.0. The molecule has 0 bridgehead atoms. The van der Waals surface area contributed by atoms with Crippen molar-refractivity contribution >= 4 is 50.2 Å². The number of benzene rings is 2. The Morgan fingerprint density at radius 2 is 1.33 bits per heavy atom. The predicted molar refractivity (Wildman–Crippen MR) is 197 cm³/mol. The number of rotatable bonds is 3. The van der Waals surface area contributed by atoms with Crippen molar-refractivity contribution in [1.82, 2.24) is 29.7 Å². The zero-order chi connectivity index (χ0) is 32.6. The van der Waals surface area contributed by atoms with Gasteiger partial charge in [0.1, 0.15) is 28.5 Å². The molecule has 2 aliphatic rings. The Morgan fingerprint density at radius 1 is 0.771 bits per heavy atom. The van der Waals surface area contributed by atoms with Crippen LogP contribution in [-0.4, -0.2) is 66.2 Å². The fourth-order valence-corrected chi connectivity index (χ4v) is 6.00. The number of hydrogen-bond donors (Lipinski definition) is 2. The number of nitrogens with one attached hydrogen (secondary N) is 2. The molecular weight excluding hydrogens is 645 g/mol. The molecule has 10 nitrogen and oxygen atoms in total. The molecule has 0 radical (unpaired) electrons. The van der Waals surface area contributed by atoms with Gasteiger partial charge >= 0.3 is 12.2 Å². The normalized spacial score (nSPS) is 17.7. The van der Waals surface area contributed by atoms with E-state index in [1.54, 1.807) is 16.0 Å². The lowest BCUT2D eigenvalue weighted by atomic mass is 10.0. The van der Waals surface area contributed by atoms with Gasteiger partial charge in [-0.25, -0.2) is 19.6 Å². The van der Waals surface area contributed by atoms with Crippen LogP contribution in [0, 0.1) is 11.8 Å². The summed E-state index contributed by atoms with van der Waals surface area (Å²) < 4.78 is 11.2. The van der Waals surface area contributed by atoms with Crippen LogP contribution in [0.4, 0.5) is 9.59 Å². The standard InChI is InChI=1S/C36H42N6O4.2H2S/c1-35(2,3)45-33(43)41-19-7-9-29(41)31-37-22-26(38-31)17-13-23-11-14-24(15-12-23)25-16-18-27-28(21-25)40-32(39-27)30-10-8-20-42(30)34(44)46-36(4,5)6;;/h11-12,14-16,18,21-22,29-30H,7-10,19-20H2,1-6H3,(H,37,38)(H,39,40);2*1H2/t29-,30-;;/m0../s1. The fraction of sp³-hybridized carbons (Fsp3) is 0.444. The molecule has 2 atom stereocenters. The first-order chi connectivity index (χ1) is 21.8. The Morgan fingerprint density at radius 3 is 1.92 bits per heavy atom. The number of aromatic amines is 2. The summed E-state index contributed by atoms with van der Waals surface area (Å²) in [5.41, 5.74) is 4.40. The first-order valence-corrected chi connectivity index (χ1v) is 16.0. The number of carbonyl (C=O) groups is 2. The first-order valence-electron chi connectivity index (χ1n) is 16.0. The van der Waals surface area contributed by atoms with Gasteiger partial charge < -0.3 is 19.4 Å². The number of ether oxygens (including phenoxy) is 2. The maximum atomic E-state index is 12.8. The Balaban J connectivity index is 0.00000260. The third kappa shape index (κ3) is 8.49. The predicted octanol–water partition coefficient (Wildman–Crippen LogP) is 7.72. The van der Waals surface area contributed by atoms with E-state index in [4.69, 9.17) is 14.5 Å². The van der Waals surface area contributed by atoms with Crippen molar-refractivity contribution in [3.05, 3.63) is 71.6 Å². The summed E-state index contributed by atoms with van der Waals surface area (Å²) in [5, 5.41) is 0. The molecule has 2 N–H and O–H groups in total. The molecule has 6 rings (SSSR count). The summed E-state index contributed by atoms with van der Waals surface area (Å²) >= 11 is 0. The fourth-order valence-electron chi connectivity index (χ4n) is 6.00. The number of carbonyl (C=O) groups excluding carboxylic acids is 2. The Labute approximate surface area is 296 Å². The minimum Gasteiger partial charge on any atom is -0.444 e. The zero-order valence-electron chi connectivity index (χ0n) is 28.4. The second-order valence-corrected chi connectivity index (χ2v) is 14.0. The molecule has 0 saturated carbocycles. The van der Waals surface area contributed by atoms with Gasteiger partial charge in [-0.2, -0.15) is 27.0 Å². The molecule has 2 fully saturated rings. The number of imidazole rings is 2. The largest absolute Gasteiger partial charge is 0.444 e. The van der Waals surface area contributed by atoms with Gasteiger partial charge in [0, 0.05) is 18.7 Å². The topological polar surface area (TPSA) is 116 Å². The van der Waals surface area contributed by atoms with Gasteiger partial charge in [-0.05, 0) is 109 Å². The smallest absolute Gasteiger partial charge is 0.410 e. The summed E-state index contributed by atoms with van der Waals surface area (Å²) in [6.07, 6.45) is 4.59. The molecule has 2 aliphatic heterocycles. The van der Waals surface area contributed by atoms with Crippen molar-refractivity contribution in [2.24, 2.45) is 0 Å². The van der Waals surface area contributed by atoms with E-state index < -0.39 is 11.2 Å². The van der Waals surface area contributed by atoms with Gasteiger partial charge in [0.05, 0.1) is 29.3 Å². The lowest BCUT2D eigenvalue weighted by Gasteiger charge is -2.27. The average molecular weight is 691 g/mol. The highest BCUT2D eigenvalue weighted by Crippen LogP contribution is 2.34. The number of nitrogens with zero attached hydrogens (tertiary/aromatic N) is 4. The van der Waals surface area contributed by atoms with E-state index in [1.807, 2.05) is 59.7 Å². The molecule has 2 aromatic heterocycles. The van der Waals surface area contributed by atoms with Crippen LogP contribution >= 0.6 is 27.0 Å². The Bertz CT molecular complexity index is 1810. The van der Waals surface area contributed by atoms with Crippen molar-refractivity contribution in [2.45, 2.75) is 90.5 Å². The molecule has 2 aromatic carbocycles. The number of likely N-dealkylation sites (tertiary alicyclic amines) is 2. The molecular formula is C36H46N6O4S2. The van der Waals surface area contributed by atoms with Gasteiger partial charge in [-0.15, -0.1) is 0 Å². The lowest BCUT2D eigenvalue weighted by molar-refractivity contribution is 0.0208. The summed E-state index contributed by atoms with van der Waals surface area (Å²) in [7, 11) is 0. The van der Waals surface area contributed by atoms with E-state index in [0.717, 1.165) is 65.1 Å². The van der Waals surface area contributed by atoms with Gasteiger partial charge in [0.25, 0.3) is 0 Å². The molecule has 4 heterocycles. The van der Waals surface area contributed by atoms with Gasteiger partial charge in [0.15, 0.2) is 0 Å². The SMILES string of the molecule is CC(C)(C)OC(=O)N1CCC[C@H]1c1ncc(C#Cc2ccc(-c3ccc4nc([C@@H]5CCCN5C(=O)OC(C)(C)C)[nH]c4c3)cc2)[nH]1.S.S. The first kappa shape index (κ1) is 36.8. The molecule has 48 heavy (non-hydrogen) atoms. The maximum Gasteiger partial charge on any atom is 0.410 e. The van der Waals surface area contributed by atoms with E-state index in [1.165, 1.54) is 0 Å². The van der Waals surface area contributed by atoms with Crippen molar-refractivity contribution in [3.8, 4) is 23.0 Å². The van der Waals surface area contributed by atoms with E-state index in [9.17, 15) is 9.59 Å². The average Bonchev–Trinajstić information content (AvgIpc) is 3.79. The third-order valence-electron chi connectivity index (χ3n) is 8.05. The maximum absolute atomic E-state index is 12.8. The van der Waals surface area contributed by atoms with Crippen molar-refractivity contribution in [1.29, 1.82) is 0 Å². The molecule has 0 unspecified atom stereocenters. The van der Waals surface area contributed by atoms with Crippen LogP contribution in [0.2, 0.25) is 0 Å². The van der Waals surface area contributed by atoms with Gasteiger partial charge in [-0.3, -0.25) is 9.80 Å². The van der Waals surface area contributed by atoms with Crippen LogP contribution in [0.25, 0.3) is 22.2 Å². The number of fused-ring (bicyclic) bond motifs is 1. The number of amides is 2. The molecule has 2 saturated heterocycles. The Kier molecular flexibility index (Phi) is 11.2.